The molecule has 5 heteroatoms. The first-order valence-electron chi connectivity index (χ1n) is 6.33. The molecule has 1 aromatic heterocycles. The Morgan fingerprint density at radius 3 is 2.76 bits per heavy atom. The maximum atomic E-state index is 13.6. The Morgan fingerprint density at radius 1 is 1.19 bits per heavy atom. The number of anilines is 1. The Balaban J connectivity index is 1.89. The molecule has 2 N–H and O–H groups in total. The van der Waals surface area contributed by atoms with Gasteiger partial charge in [-0.3, -0.25) is 4.79 Å². The van der Waals surface area contributed by atoms with Crippen LogP contribution in [0.3, 0.4) is 0 Å². The fourth-order valence-electron chi connectivity index (χ4n) is 2.06. The van der Waals surface area contributed by atoms with Crippen molar-refractivity contribution in [2.45, 2.75) is 6.92 Å². The topological polar surface area (TPSA) is 62.5 Å². The number of hydrogen-bond acceptors (Lipinski definition) is 3. The number of carbonyl (C=O) groups excluding carboxylic acids is 1. The summed E-state index contributed by atoms with van der Waals surface area (Å²) in [5.41, 5.74) is 1.63. The molecular weight excluding hydrogens is 273 g/mol. The van der Waals surface area contributed by atoms with Gasteiger partial charge in [-0.1, -0.05) is 11.6 Å². The van der Waals surface area contributed by atoms with Crippen LogP contribution in [0.25, 0.3) is 11.0 Å². The largest absolute Gasteiger partial charge is 0.508 e. The van der Waals surface area contributed by atoms with Gasteiger partial charge in [0.25, 0.3) is 5.91 Å². The molecule has 0 atom stereocenters. The normalized spacial score (nSPS) is 10.8. The number of phenolic OH excluding ortho intramolecular Hbond substituents is 1. The zero-order chi connectivity index (χ0) is 15.0. The molecule has 0 aliphatic carbocycles. The lowest BCUT2D eigenvalue weighted by atomic mass is 10.2. The van der Waals surface area contributed by atoms with Crippen molar-refractivity contribution in [2.75, 3.05) is 5.32 Å². The van der Waals surface area contributed by atoms with Crippen LogP contribution in [0.2, 0.25) is 0 Å². The summed E-state index contributed by atoms with van der Waals surface area (Å²) in [4.78, 5) is 12.1. The van der Waals surface area contributed by atoms with Crippen LogP contribution in [0.4, 0.5) is 10.1 Å². The quantitative estimate of drug-likeness (QED) is 0.703. The van der Waals surface area contributed by atoms with Crippen LogP contribution in [0.5, 0.6) is 5.75 Å². The fourth-order valence-corrected chi connectivity index (χ4v) is 2.06. The summed E-state index contributed by atoms with van der Waals surface area (Å²) in [6.45, 7) is 1.94. The van der Waals surface area contributed by atoms with E-state index in [1.807, 2.05) is 19.1 Å². The average molecular weight is 285 g/mol. The number of furan rings is 1. The third-order valence-electron chi connectivity index (χ3n) is 3.10. The van der Waals surface area contributed by atoms with E-state index in [4.69, 9.17) is 9.52 Å². The van der Waals surface area contributed by atoms with Crippen molar-refractivity contribution in [1.82, 2.24) is 0 Å². The molecule has 3 aromatic rings. The number of fused-ring (bicyclic) bond motifs is 1. The zero-order valence-corrected chi connectivity index (χ0v) is 11.2. The molecule has 1 amide bonds. The van der Waals surface area contributed by atoms with Crippen LogP contribution in [-0.4, -0.2) is 11.0 Å². The Labute approximate surface area is 119 Å². The highest BCUT2D eigenvalue weighted by molar-refractivity contribution is 6.04. The second kappa shape index (κ2) is 4.94. The van der Waals surface area contributed by atoms with Gasteiger partial charge >= 0.3 is 0 Å². The highest BCUT2D eigenvalue weighted by Crippen LogP contribution is 2.23. The Bertz CT molecular complexity index is 839. The minimum Gasteiger partial charge on any atom is -0.508 e. The molecule has 1 heterocycles. The molecule has 0 aliphatic rings. The van der Waals surface area contributed by atoms with E-state index in [0.29, 0.717) is 5.58 Å². The number of amides is 1. The van der Waals surface area contributed by atoms with E-state index in [2.05, 4.69) is 5.32 Å². The first-order valence-corrected chi connectivity index (χ1v) is 6.33. The molecule has 0 bridgehead atoms. The van der Waals surface area contributed by atoms with Gasteiger partial charge in [-0.25, -0.2) is 4.39 Å². The van der Waals surface area contributed by atoms with E-state index >= 15 is 0 Å². The van der Waals surface area contributed by atoms with Gasteiger partial charge < -0.3 is 14.8 Å². The molecule has 0 saturated heterocycles. The lowest BCUT2D eigenvalue weighted by molar-refractivity contribution is 0.0998. The molecule has 0 radical (unpaired) electrons. The van der Waals surface area contributed by atoms with E-state index in [9.17, 15) is 9.18 Å². The summed E-state index contributed by atoms with van der Waals surface area (Å²) in [6.07, 6.45) is 0. The van der Waals surface area contributed by atoms with Crippen LogP contribution in [0.15, 0.2) is 46.9 Å². The smallest absolute Gasteiger partial charge is 0.291 e. The Kier molecular flexibility index (Phi) is 3.10. The van der Waals surface area contributed by atoms with Crippen LogP contribution in [0, 0.1) is 12.7 Å². The van der Waals surface area contributed by atoms with Crippen molar-refractivity contribution in [3.05, 3.63) is 59.6 Å². The van der Waals surface area contributed by atoms with Gasteiger partial charge in [-0.2, -0.15) is 0 Å². The third-order valence-corrected chi connectivity index (χ3v) is 3.10. The van der Waals surface area contributed by atoms with Crippen molar-refractivity contribution >= 4 is 22.6 Å². The van der Waals surface area contributed by atoms with Crippen LogP contribution in [0.1, 0.15) is 16.1 Å². The van der Waals surface area contributed by atoms with Crippen LogP contribution >= 0.6 is 0 Å². The monoisotopic (exact) mass is 285 g/mol. The highest BCUT2D eigenvalue weighted by Gasteiger charge is 2.14. The maximum Gasteiger partial charge on any atom is 0.291 e. The number of benzene rings is 2. The SMILES string of the molecule is Cc1ccc2oc(C(=O)Nc3ccc(O)cc3F)cc2c1. The summed E-state index contributed by atoms with van der Waals surface area (Å²) in [5.74, 6) is -1.36. The minimum absolute atomic E-state index is 0.0190. The maximum absolute atomic E-state index is 13.6. The van der Waals surface area contributed by atoms with Crippen molar-refractivity contribution in [1.29, 1.82) is 0 Å². The molecule has 106 valence electrons. The number of aromatic hydroxyl groups is 1. The molecule has 0 unspecified atom stereocenters. The van der Waals surface area contributed by atoms with Gasteiger partial charge in [-0.15, -0.1) is 0 Å². The molecule has 2 aromatic carbocycles. The second-order valence-electron chi connectivity index (χ2n) is 4.77. The standard InChI is InChI=1S/C16H12FNO3/c1-9-2-5-14-10(6-9)7-15(21-14)16(20)18-13-4-3-11(19)8-12(13)17/h2-8,19H,1H3,(H,18,20). The fraction of sp³-hybridized carbons (Fsp3) is 0.0625. The van der Waals surface area contributed by atoms with Gasteiger partial charge in [0, 0.05) is 11.5 Å². The van der Waals surface area contributed by atoms with Crippen molar-refractivity contribution in [3.8, 4) is 5.75 Å². The van der Waals surface area contributed by atoms with Crippen LogP contribution in [-0.2, 0) is 0 Å². The lowest BCUT2D eigenvalue weighted by Crippen LogP contribution is -2.11. The van der Waals surface area contributed by atoms with Gasteiger partial charge in [0.1, 0.15) is 17.1 Å². The number of halogens is 1. The third kappa shape index (κ3) is 2.58. The summed E-state index contributed by atoms with van der Waals surface area (Å²) < 4.78 is 19.0. The van der Waals surface area contributed by atoms with Gasteiger partial charge in [0.15, 0.2) is 5.76 Å². The highest BCUT2D eigenvalue weighted by atomic mass is 19.1. The molecular formula is C16H12FNO3. The molecule has 0 aliphatic heterocycles. The Hall–Kier alpha value is -2.82. The summed E-state index contributed by atoms with van der Waals surface area (Å²) in [5, 5.41) is 12.4. The first kappa shape index (κ1) is 13.2. The summed E-state index contributed by atoms with van der Waals surface area (Å²) >= 11 is 0. The average Bonchev–Trinajstić information content (AvgIpc) is 2.85. The van der Waals surface area contributed by atoms with Crippen molar-refractivity contribution in [2.24, 2.45) is 0 Å². The molecule has 0 fully saturated rings. The molecule has 4 nitrogen and oxygen atoms in total. The molecule has 21 heavy (non-hydrogen) atoms. The zero-order valence-electron chi connectivity index (χ0n) is 11.2. The summed E-state index contributed by atoms with van der Waals surface area (Å²) in [6, 6.07) is 10.7. The van der Waals surface area contributed by atoms with Crippen LogP contribution < -0.4 is 5.32 Å². The number of hydrogen-bond donors (Lipinski definition) is 2. The first-order chi connectivity index (χ1) is 10.0. The predicted octanol–water partition coefficient (Wildman–Crippen LogP) is 3.84. The second-order valence-corrected chi connectivity index (χ2v) is 4.77. The van der Waals surface area contributed by atoms with E-state index in [0.717, 1.165) is 17.0 Å². The van der Waals surface area contributed by atoms with Crippen molar-refractivity contribution in [3.63, 3.8) is 0 Å². The van der Waals surface area contributed by atoms with E-state index in [-0.39, 0.29) is 17.2 Å². The van der Waals surface area contributed by atoms with E-state index < -0.39 is 11.7 Å². The Morgan fingerprint density at radius 2 is 2.00 bits per heavy atom. The van der Waals surface area contributed by atoms with Gasteiger partial charge in [-0.05, 0) is 37.3 Å². The minimum atomic E-state index is -0.713. The molecule has 3 rings (SSSR count). The number of nitrogens with one attached hydrogen (secondary N) is 1. The van der Waals surface area contributed by atoms with Crippen molar-refractivity contribution < 1.29 is 18.7 Å². The lowest BCUT2D eigenvalue weighted by Gasteiger charge is -2.04. The molecule has 0 spiro atoms. The van der Waals surface area contributed by atoms with E-state index in [1.165, 1.54) is 12.1 Å². The summed E-state index contributed by atoms with van der Waals surface area (Å²) in [7, 11) is 0. The number of rotatable bonds is 2. The van der Waals surface area contributed by atoms with E-state index in [1.54, 1.807) is 12.1 Å². The van der Waals surface area contributed by atoms with Gasteiger partial charge in [0.2, 0.25) is 0 Å². The number of aryl methyl sites for hydroxylation is 1. The number of phenols is 1. The van der Waals surface area contributed by atoms with Gasteiger partial charge in [0.05, 0.1) is 5.69 Å². The molecule has 0 saturated carbocycles. The predicted molar refractivity (Wildman–Crippen MR) is 77.0 cm³/mol. The number of carbonyl (C=O) groups is 1.